The van der Waals surface area contributed by atoms with Gasteiger partial charge in [0.2, 0.25) is 11.5 Å². The molecule has 0 unspecified atom stereocenters. The second-order valence-electron chi connectivity index (χ2n) is 5.67. The van der Waals surface area contributed by atoms with Crippen molar-refractivity contribution in [3.8, 4) is 5.75 Å². The molecule has 0 aliphatic carbocycles. The van der Waals surface area contributed by atoms with Crippen LogP contribution in [0, 0.1) is 29.8 Å². The van der Waals surface area contributed by atoms with Gasteiger partial charge in [-0.05, 0) is 39.3 Å². The van der Waals surface area contributed by atoms with Crippen LogP contribution in [-0.4, -0.2) is 27.6 Å². The highest BCUT2D eigenvalue weighted by molar-refractivity contribution is 6.04. The molecule has 0 bridgehead atoms. The number of rotatable bonds is 6. The molecular weight excluding hydrogens is 331 g/mol. The molecule has 0 amide bonds. The van der Waals surface area contributed by atoms with Crippen molar-refractivity contribution in [1.29, 1.82) is 0 Å². The van der Waals surface area contributed by atoms with Gasteiger partial charge in [0.1, 0.15) is 5.82 Å². The zero-order valence-electron chi connectivity index (χ0n) is 14.2. The fraction of sp³-hybridized carbons (Fsp3) is 0.294. The van der Waals surface area contributed by atoms with Crippen LogP contribution < -0.4 is 4.74 Å². The van der Waals surface area contributed by atoms with E-state index in [0.717, 1.165) is 18.2 Å². The van der Waals surface area contributed by atoms with Crippen LogP contribution in [0.15, 0.2) is 18.2 Å². The lowest BCUT2D eigenvalue weighted by Gasteiger charge is -2.13. The van der Waals surface area contributed by atoms with E-state index in [1.54, 1.807) is 13.8 Å². The number of carbonyl (C=O) groups is 2. The van der Waals surface area contributed by atoms with Crippen molar-refractivity contribution in [3.05, 3.63) is 56.6 Å². The first kappa shape index (κ1) is 18.3. The number of nitrogens with one attached hydrogen (secondary N) is 1. The van der Waals surface area contributed by atoms with E-state index in [0.29, 0.717) is 16.8 Å². The molecule has 0 spiro atoms. The molecule has 2 aromatic rings. The molecule has 0 aliphatic heterocycles. The third-order valence-electron chi connectivity index (χ3n) is 3.83. The van der Waals surface area contributed by atoms with E-state index in [1.807, 2.05) is 0 Å². The SMILES string of the molecule is CC(=O)c1c(C)[nH]c(C(=O)[C@H](C)Oc2cc(F)ccc2[N+](=O)[O-])c1C. The Balaban J connectivity index is 2.34. The normalized spacial score (nSPS) is 11.9. The van der Waals surface area contributed by atoms with E-state index in [2.05, 4.69) is 4.98 Å². The number of benzene rings is 1. The number of nitrogens with zero attached hydrogens (tertiary/aromatic N) is 1. The Kier molecular flexibility index (Phi) is 5.01. The summed E-state index contributed by atoms with van der Waals surface area (Å²) in [5.74, 6) is -1.73. The van der Waals surface area contributed by atoms with E-state index in [1.165, 1.54) is 13.8 Å². The number of aromatic amines is 1. The molecule has 0 radical (unpaired) electrons. The summed E-state index contributed by atoms with van der Waals surface area (Å²) in [5.41, 5.74) is 1.21. The maximum Gasteiger partial charge on any atom is 0.311 e. The van der Waals surface area contributed by atoms with Crippen molar-refractivity contribution in [3.63, 3.8) is 0 Å². The van der Waals surface area contributed by atoms with Crippen LogP contribution in [0.25, 0.3) is 0 Å². The van der Waals surface area contributed by atoms with Gasteiger partial charge >= 0.3 is 5.69 Å². The highest BCUT2D eigenvalue weighted by Gasteiger charge is 2.27. The summed E-state index contributed by atoms with van der Waals surface area (Å²) in [5, 5.41) is 11.0. The quantitative estimate of drug-likeness (QED) is 0.489. The van der Waals surface area contributed by atoms with E-state index in [4.69, 9.17) is 4.74 Å². The summed E-state index contributed by atoms with van der Waals surface area (Å²) in [4.78, 5) is 37.4. The second-order valence-corrected chi connectivity index (χ2v) is 5.67. The Morgan fingerprint density at radius 2 is 1.96 bits per heavy atom. The number of Topliss-reactive ketones (excluding diaryl/α,β-unsaturated/α-hetero) is 2. The van der Waals surface area contributed by atoms with Gasteiger partial charge in [-0.2, -0.15) is 0 Å². The van der Waals surface area contributed by atoms with Crippen LogP contribution in [0.2, 0.25) is 0 Å². The topological polar surface area (TPSA) is 102 Å². The molecule has 8 heteroatoms. The van der Waals surface area contributed by atoms with Gasteiger partial charge < -0.3 is 9.72 Å². The minimum Gasteiger partial charge on any atom is -0.475 e. The number of carbonyl (C=O) groups excluding carboxylic acids is 2. The Morgan fingerprint density at radius 1 is 1.32 bits per heavy atom. The Labute approximate surface area is 143 Å². The largest absolute Gasteiger partial charge is 0.475 e. The maximum atomic E-state index is 13.4. The lowest BCUT2D eigenvalue weighted by atomic mass is 10.0. The number of halogens is 1. The molecule has 1 aromatic heterocycles. The van der Waals surface area contributed by atoms with Crippen molar-refractivity contribution < 1.29 is 23.6 Å². The van der Waals surface area contributed by atoms with Gasteiger partial charge in [0.05, 0.1) is 10.6 Å². The van der Waals surface area contributed by atoms with Crippen LogP contribution in [0.4, 0.5) is 10.1 Å². The molecule has 7 nitrogen and oxygen atoms in total. The van der Waals surface area contributed by atoms with E-state index in [9.17, 15) is 24.1 Å². The summed E-state index contributed by atoms with van der Waals surface area (Å²) in [6.07, 6.45) is -1.11. The van der Waals surface area contributed by atoms with E-state index < -0.39 is 28.3 Å². The van der Waals surface area contributed by atoms with Gasteiger partial charge in [0, 0.05) is 23.4 Å². The Morgan fingerprint density at radius 3 is 2.48 bits per heavy atom. The lowest BCUT2D eigenvalue weighted by molar-refractivity contribution is -0.386. The molecule has 0 saturated heterocycles. The molecule has 0 saturated carbocycles. The first-order valence-corrected chi connectivity index (χ1v) is 7.48. The van der Waals surface area contributed by atoms with Crippen molar-refractivity contribution >= 4 is 17.3 Å². The van der Waals surface area contributed by atoms with Crippen LogP contribution in [0.3, 0.4) is 0 Å². The highest BCUT2D eigenvalue weighted by atomic mass is 19.1. The number of ketones is 2. The van der Waals surface area contributed by atoms with Crippen molar-refractivity contribution in [2.24, 2.45) is 0 Å². The van der Waals surface area contributed by atoms with Crippen molar-refractivity contribution in [2.75, 3.05) is 0 Å². The first-order valence-electron chi connectivity index (χ1n) is 7.48. The predicted molar refractivity (Wildman–Crippen MR) is 87.7 cm³/mol. The summed E-state index contributed by atoms with van der Waals surface area (Å²) in [6, 6.07) is 2.77. The van der Waals surface area contributed by atoms with E-state index in [-0.39, 0.29) is 17.2 Å². The predicted octanol–water partition coefficient (Wildman–Crippen LogP) is 3.53. The lowest BCUT2D eigenvalue weighted by Crippen LogP contribution is -2.25. The molecule has 25 heavy (non-hydrogen) atoms. The average Bonchev–Trinajstić information content (AvgIpc) is 2.80. The number of hydrogen-bond acceptors (Lipinski definition) is 5. The number of hydrogen-bond donors (Lipinski definition) is 1. The summed E-state index contributed by atoms with van der Waals surface area (Å²) in [6.45, 7) is 6.10. The number of nitro benzene ring substituents is 1. The third-order valence-corrected chi connectivity index (χ3v) is 3.83. The highest BCUT2D eigenvalue weighted by Crippen LogP contribution is 2.29. The van der Waals surface area contributed by atoms with E-state index >= 15 is 0 Å². The first-order chi connectivity index (χ1) is 11.6. The van der Waals surface area contributed by atoms with Crippen LogP contribution in [0.1, 0.15) is 46.0 Å². The van der Waals surface area contributed by atoms with Gasteiger partial charge in [-0.3, -0.25) is 19.7 Å². The summed E-state index contributed by atoms with van der Waals surface area (Å²) >= 11 is 0. The minimum absolute atomic E-state index is 0.181. The smallest absolute Gasteiger partial charge is 0.311 e. The van der Waals surface area contributed by atoms with Gasteiger partial charge in [-0.1, -0.05) is 0 Å². The molecule has 0 fully saturated rings. The van der Waals surface area contributed by atoms with Gasteiger partial charge in [-0.25, -0.2) is 4.39 Å². The Hall–Kier alpha value is -3.03. The number of nitro groups is 1. The molecule has 132 valence electrons. The van der Waals surface area contributed by atoms with Crippen LogP contribution in [-0.2, 0) is 0 Å². The molecule has 1 atom stereocenters. The number of H-pyrrole nitrogens is 1. The molecular formula is C17H17FN2O5. The zero-order valence-corrected chi connectivity index (χ0v) is 14.2. The number of aryl methyl sites for hydroxylation is 1. The fourth-order valence-electron chi connectivity index (χ4n) is 2.70. The Bertz CT molecular complexity index is 872. The van der Waals surface area contributed by atoms with Crippen molar-refractivity contribution in [2.45, 2.75) is 33.8 Å². The van der Waals surface area contributed by atoms with Crippen LogP contribution >= 0.6 is 0 Å². The maximum absolute atomic E-state index is 13.4. The third kappa shape index (κ3) is 3.57. The standard InChI is InChI=1S/C17H17FN2O5/c1-8-15(10(3)21)9(2)19-16(8)17(22)11(4)25-14-7-12(18)5-6-13(14)20(23)24/h5-7,11,19H,1-4H3/t11-/m0/s1. The molecule has 1 N–H and O–H groups in total. The summed E-state index contributed by atoms with van der Waals surface area (Å²) < 4.78 is 18.7. The molecule has 1 heterocycles. The monoisotopic (exact) mass is 348 g/mol. The van der Waals surface area contributed by atoms with Crippen LogP contribution in [0.5, 0.6) is 5.75 Å². The minimum atomic E-state index is -1.11. The number of aromatic nitrogens is 1. The second kappa shape index (κ2) is 6.84. The summed E-state index contributed by atoms with van der Waals surface area (Å²) in [7, 11) is 0. The molecule has 1 aromatic carbocycles. The average molecular weight is 348 g/mol. The fourth-order valence-corrected chi connectivity index (χ4v) is 2.70. The molecule has 0 aliphatic rings. The molecule has 2 rings (SSSR count). The zero-order chi connectivity index (χ0) is 18.9. The van der Waals surface area contributed by atoms with Gasteiger partial charge in [-0.15, -0.1) is 0 Å². The van der Waals surface area contributed by atoms with Gasteiger partial charge in [0.25, 0.3) is 0 Å². The number of ether oxygens (including phenoxy) is 1. The van der Waals surface area contributed by atoms with Gasteiger partial charge in [0.15, 0.2) is 11.9 Å². The van der Waals surface area contributed by atoms with Crippen molar-refractivity contribution in [1.82, 2.24) is 4.98 Å².